The fraction of sp³-hybridized carbons (Fsp3) is 0.211. The molecule has 1 aromatic carbocycles. The number of aromatic hydroxyl groups is 4. The Hall–Kier alpha value is -4.09. The maximum atomic E-state index is 12.6. The number of H-pyrrole nitrogens is 3. The summed E-state index contributed by atoms with van der Waals surface area (Å²) in [7, 11) is 1.22. The minimum atomic E-state index is -1.10. The number of aromatic amines is 3. The number of imidazole rings is 1. The van der Waals surface area contributed by atoms with Crippen molar-refractivity contribution in [2.45, 2.75) is 26.2 Å². The van der Waals surface area contributed by atoms with Crippen molar-refractivity contribution in [2.75, 3.05) is 0 Å². The molecule has 0 saturated carbocycles. The Bertz CT molecular complexity index is 1400. The number of aliphatic hydroxyl groups is 1. The van der Waals surface area contributed by atoms with Gasteiger partial charge in [-0.3, -0.25) is 9.59 Å². The highest BCUT2D eigenvalue weighted by Crippen LogP contribution is 2.43. The first kappa shape index (κ1) is 21.6. The second-order valence-electron chi connectivity index (χ2n) is 8.00. The van der Waals surface area contributed by atoms with Gasteiger partial charge < -0.3 is 40.5 Å². The predicted octanol–water partition coefficient (Wildman–Crippen LogP) is -2.29. The molecule has 0 spiro atoms. The minimum absolute atomic E-state index is 0.128. The van der Waals surface area contributed by atoms with Crippen LogP contribution in [0.5, 0.6) is 23.0 Å². The molecule has 0 radical (unpaired) electrons. The Morgan fingerprint density at radius 1 is 1.00 bits per heavy atom. The average molecular weight is 428 g/mol. The van der Waals surface area contributed by atoms with Crippen LogP contribution in [0.15, 0.2) is 15.9 Å². The topological polar surface area (TPSA) is 196 Å². The van der Waals surface area contributed by atoms with E-state index in [0.29, 0.717) is 5.69 Å². The summed E-state index contributed by atoms with van der Waals surface area (Å²) in [5, 5.41) is 49.1. The minimum Gasteiger partial charge on any atom is -0.505 e. The molecule has 0 aliphatic carbocycles. The van der Waals surface area contributed by atoms with Gasteiger partial charge in [0.05, 0.1) is 17.6 Å². The number of hydrogen-bond acceptors (Lipinski definition) is 8. The van der Waals surface area contributed by atoms with Crippen LogP contribution in [0.1, 0.15) is 37.7 Å². The molecule has 0 fully saturated rings. The van der Waals surface area contributed by atoms with Gasteiger partial charge in [-0.15, -0.1) is 0 Å². The number of nitrogens with zero attached hydrogens (tertiary/aromatic N) is 1. The summed E-state index contributed by atoms with van der Waals surface area (Å²) in [6, 6.07) is 0. The van der Waals surface area contributed by atoms with Gasteiger partial charge in [0.15, 0.2) is 22.6 Å². The first-order valence-corrected chi connectivity index (χ1v) is 9.12. The van der Waals surface area contributed by atoms with Gasteiger partial charge in [0.1, 0.15) is 13.2 Å². The average Bonchev–Trinajstić information content (AvgIpc) is 3.16. The van der Waals surface area contributed by atoms with Crippen LogP contribution in [-0.2, 0) is 5.41 Å². The van der Waals surface area contributed by atoms with E-state index in [1.165, 1.54) is 20.2 Å². The van der Waals surface area contributed by atoms with Gasteiger partial charge in [-0.25, -0.2) is 4.98 Å². The lowest BCUT2D eigenvalue weighted by Gasteiger charge is -2.16. The number of aliphatic hydroxyl groups excluding tert-OH is 1. The Kier molecular flexibility index (Phi) is 5.10. The first-order chi connectivity index (χ1) is 14.3. The largest absolute Gasteiger partial charge is 0.505 e. The Morgan fingerprint density at radius 3 is 2.23 bits per heavy atom. The predicted molar refractivity (Wildman–Crippen MR) is 114 cm³/mol. The highest BCUT2D eigenvalue weighted by atomic mass is 16.3. The molecule has 0 atom stereocenters. The van der Waals surface area contributed by atoms with Gasteiger partial charge in [0, 0.05) is 11.1 Å². The number of benzene rings is 1. The zero-order valence-electron chi connectivity index (χ0n) is 17.2. The number of phenolic OH excluding ortho intramolecular Hbond substituents is 4. The van der Waals surface area contributed by atoms with E-state index in [9.17, 15) is 35.1 Å². The van der Waals surface area contributed by atoms with Crippen molar-refractivity contribution in [1.29, 1.82) is 0 Å². The molecule has 0 unspecified atom stereocenters. The van der Waals surface area contributed by atoms with E-state index in [1.54, 1.807) is 0 Å². The van der Waals surface area contributed by atoms with Crippen molar-refractivity contribution in [3.8, 4) is 23.0 Å². The Labute approximate surface area is 175 Å². The quantitative estimate of drug-likeness (QED) is 0.127. The molecule has 0 aliphatic rings. The van der Waals surface area contributed by atoms with Crippen molar-refractivity contribution in [2.24, 2.45) is 0 Å². The summed E-state index contributed by atoms with van der Waals surface area (Å²) in [5.74, 6) is -4.80. The summed E-state index contributed by atoms with van der Waals surface area (Å²) in [5.41, 5.74) is -1.58. The molecule has 0 bridgehead atoms. The van der Waals surface area contributed by atoms with Crippen LogP contribution in [-0.4, -0.2) is 53.3 Å². The standard InChI is InChI=1S/C19H21BN4O7/c1-19(2,3)16-6(21-5-22-16)4-7-17(30)24-10(18(31)23-7)11(25)8-9(20)13(27)15(29)14(28)12(8)26/h4-5,25-29H,20H2,1-3H3,(H,21,22)(H,23,31)(H,24,30)/b7-4-,11-10+. The molecular formula is C19H21BN4O7. The number of rotatable bonds is 2. The Morgan fingerprint density at radius 2 is 1.61 bits per heavy atom. The van der Waals surface area contributed by atoms with Crippen LogP contribution < -0.4 is 27.3 Å². The lowest BCUT2D eigenvalue weighted by atomic mass is 9.87. The molecule has 162 valence electrons. The fourth-order valence-electron chi connectivity index (χ4n) is 3.13. The highest BCUT2D eigenvalue weighted by molar-refractivity contribution is 6.37. The monoisotopic (exact) mass is 428 g/mol. The van der Waals surface area contributed by atoms with Crippen molar-refractivity contribution >= 4 is 25.1 Å². The molecule has 8 N–H and O–H groups in total. The van der Waals surface area contributed by atoms with Crippen LogP contribution in [0.4, 0.5) is 0 Å². The van der Waals surface area contributed by atoms with Gasteiger partial charge in [0.25, 0.3) is 11.1 Å². The molecular weight excluding hydrogens is 407 g/mol. The number of hydrogen-bond donors (Lipinski definition) is 8. The zero-order valence-corrected chi connectivity index (χ0v) is 17.2. The molecule has 0 saturated heterocycles. The smallest absolute Gasteiger partial charge is 0.276 e. The lowest BCUT2D eigenvalue weighted by molar-refractivity contribution is 0.345. The molecule has 3 aromatic rings. The molecule has 11 nitrogen and oxygen atoms in total. The maximum absolute atomic E-state index is 12.6. The van der Waals surface area contributed by atoms with Crippen LogP contribution >= 0.6 is 0 Å². The first-order valence-electron chi connectivity index (χ1n) is 9.12. The van der Waals surface area contributed by atoms with Crippen molar-refractivity contribution in [1.82, 2.24) is 19.9 Å². The van der Waals surface area contributed by atoms with Gasteiger partial charge in [-0.2, -0.15) is 0 Å². The Balaban J connectivity index is 2.31. The number of aromatic nitrogens is 4. The molecule has 0 amide bonds. The van der Waals surface area contributed by atoms with Crippen molar-refractivity contribution < 1.29 is 25.5 Å². The molecule has 2 heterocycles. The van der Waals surface area contributed by atoms with E-state index in [-0.39, 0.29) is 16.2 Å². The van der Waals surface area contributed by atoms with Crippen LogP contribution in [0, 0.1) is 0 Å². The molecule has 0 aliphatic heterocycles. The zero-order chi connectivity index (χ0) is 23.2. The second-order valence-corrected chi connectivity index (χ2v) is 8.00. The van der Waals surface area contributed by atoms with Gasteiger partial charge in [-0.1, -0.05) is 20.8 Å². The fourth-order valence-corrected chi connectivity index (χ4v) is 3.13. The molecule has 31 heavy (non-hydrogen) atoms. The van der Waals surface area contributed by atoms with Gasteiger partial charge >= 0.3 is 0 Å². The van der Waals surface area contributed by atoms with E-state index in [1.807, 2.05) is 20.8 Å². The number of nitrogens with one attached hydrogen (secondary N) is 3. The third kappa shape index (κ3) is 3.63. The second kappa shape index (κ2) is 7.31. The SMILES string of the molecule is Bc1c(O)c(O)c(O)c(O)c1/C(O)=c1\[nH]c(=O)/c(=C/c2nc[nH]c2C(C)(C)C)[nH]c1=O. The highest BCUT2D eigenvalue weighted by Gasteiger charge is 2.24. The molecule has 12 heteroatoms. The third-order valence-corrected chi connectivity index (χ3v) is 4.77. The van der Waals surface area contributed by atoms with Crippen molar-refractivity contribution in [3.63, 3.8) is 0 Å². The van der Waals surface area contributed by atoms with Crippen LogP contribution in [0.3, 0.4) is 0 Å². The molecule has 3 rings (SSSR count). The van der Waals surface area contributed by atoms with Crippen LogP contribution in [0.25, 0.3) is 11.8 Å². The van der Waals surface area contributed by atoms with E-state index in [2.05, 4.69) is 19.9 Å². The van der Waals surface area contributed by atoms with Crippen LogP contribution in [0.2, 0.25) is 0 Å². The van der Waals surface area contributed by atoms with Crippen molar-refractivity contribution in [3.05, 3.63) is 54.7 Å². The summed E-state index contributed by atoms with van der Waals surface area (Å²) in [4.78, 5) is 36.8. The van der Waals surface area contributed by atoms with E-state index >= 15 is 0 Å². The van der Waals surface area contributed by atoms with Gasteiger partial charge in [-0.05, 0) is 11.5 Å². The summed E-state index contributed by atoms with van der Waals surface area (Å²) >= 11 is 0. The van der Waals surface area contributed by atoms with E-state index < -0.39 is 50.8 Å². The summed E-state index contributed by atoms with van der Waals surface area (Å²) < 4.78 is 0. The van der Waals surface area contributed by atoms with E-state index in [0.717, 1.165) is 5.69 Å². The lowest BCUT2D eigenvalue weighted by Crippen LogP contribution is -2.48. The summed E-state index contributed by atoms with van der Waals surface area (Å²) in [6.45, 7) is 5.83. The molecule has 2 aromatic heterocycles. The number of phenols is 4. The maximum Gasteiger partial charge on any atom is 0.276 e. The van der Waals surface area contributed by atoms with Gasteiger partial charge in [0.2, 0.25) is 11.5 Å². The van der Waals surface area contributed by atoms with E-state index in [4.69, 9.17) is 0 Å². The third-order valence-electron chi connectivity index (χ3n) is 4.77. The summed E-state index contributed by atoms with van der Waals surface area (Å²) in [6.07, 6.45) is 2.83. The normalized spacial score (nSPS) is 13.5.